The molecule has 1 saturated heterocycles. The highest BCUT2D eigenvalue weighted by Gasteiger charge is 2.31. The van der Waals surface area contributed by atoms with Crippen LogP contribution in [0.3, 0.4) is 0 Å². The topological polar surface area (TPSA) is 60.9 Å². The first kappa shape index (κ1) is 19.5. The van der Waals surface area contributed by atoms with Gasteiger partial charge in [-0.15, -0.1) is 0 Å². The smallest absolute Gasteiger partial charge is 0.303 e. The van der Waals surface area contributed by atoms with Gasteiger partial charge in [-0.05, 0) is 36.6 Å². The van der Waals surface area contributed by atoms with Crippen molar-refractivity contribution in [1.82, 2.24) is 4.90 Å². The Balaban J connectivity index is 1.94. The maximum absolute atomic E-state index is 12.5. The molecule has 1 amide bonds. The Labute approximate surface area is 157 Å². The van der Waals surface area contributed by atoms with Crippen molar-refractivity contribution >= 4 is 51.9 Å². The molecular weight excluding hydrogens is 356 g/mol. The molecule has 1 aromatic rings. The lowest BCUT2D eigenvalue weighted by atomic mass is 10.1. The number of carbonyl (C=O) groups is 2. The first-order valence-corrected chi connectivity index (χ1v) is 9.35. The van der Waals surface area contributed by atoms with Crippen molar-refractivity contribution < 1.29 is 14.7 Å². The minimum Gasteiger partial charge on any atom is -0.481 e. The van der Waals surface area contributed by atoms with E-state index in [-0.39, 0.29) is 12.3 Å². The molecule has 0 bridgehead atoms. The van der Waals surface area contributed by atoms with Crippen LogP contribution >= 0.6 is 24.0 Å². The van der Waals surface area contributed by atoms with Gasteiger partial charge in [0.15, 0.2) is 0 Å². The van der Waals surface area contributed by atoms with Crippen LogP contribution in [0.15, 0.2) is 29.2 Å². The van der Waals surface area contributed by atoms with Gasteiger partial charge in [-0.1, -0.05) is 42.5 Å². The van der Waals surface area contributed by atoms with Crippen LogP contribution in [0, 0.1) is 0 Å². The molecule has 5 nitrogen and oxygen atoms in total. The molecule has 0 unspecified atom stereocenters. The highest BCUT2D eigenvalue weighted by molar-refractivity contribution is 8.26. The summed E-state index contributed by atoms with van der Waals surface area (Å²) in [5, 5.41) is 8.63. The van der Waals surface area contributed by atoms with Crippen LogP contribution in [0.25, 0.3) is 6.08 Å². The van der Waals surface area contributed by atoms with Gasteiger partial charge in [0, 0.05) is 32.7 Å². The van der Waals surface area contributed by atoms with Crippen molar-refractivity contribution in [2.45, 2.75) is 25.7 Å². The summed E-state index contributed by atoms with van der Waals surface area (Å²) >= 11 is 6.63. The zero-order chi connectivity index (χ0) is 18.4. The Hall–Kier alpha value is -1.86. The molecule has 1 aliphatic rings. The maximum atomic E-state index is 12.5. The summed E-state index contributed by atoms with van der Waals surface area (Å²) in [6.45, 7) is 0.543. The highest BCUT2D eigenvalue weighted by atomic mass is 32.2. The first-order chi connectivity index (χ1) is 11.9. The van der Waals surface area contributed by atoms with Crippen molar-refractivity contribution in [3.63, 3.8) is 0 Å². The number of carboxylic acids is 1. The molecular formula is C18H22N2O3S2. The third kappa shape index (κ3) is 5.57. The van der Waals surface area contributed by atoms with Crippen molar-refractivity contribution in [1.29, 1.82) is 0 Å². The van der Waals surface area contributed by atoms with Crippen LogP contribution in [-0.4, -0.2) is 46.8 Å². The Kier molecular flexibility index (Phi) is 7.01. The van der Waals surface area contributed by atoms with Crippen molar-refractivity contribution in [3.05, 3.63) is 34.7 Å². The molecule has 0 atom stereocenters. The number of benzene rings is 1. The molecule has 0 radical (unpaired) electrons. The van der Waals surface area contributed by atoms with Crippen LogP contribution in [0.5, 0.6) is 0 Å². The van der Waals surface area contributed by atoms with Crippen molar-refractivity contribution in [3.8, 4) is 0 Å². The van der Waals surface area contributed by atoms with Gasteiger partial charge in [0.2, 0.25) is 0 Å². The average Bonchev–Trinajstić information content (AvgIpc) is 2.82. The van der Waals surface area contributed by atoms with Gasteiger partial charge < -0.3 is 10.0 Å². The molecule has 25 heavy (non-hydrogen) atoms. The van der Waals surface area contributed by atoms with E-state index in [1.807, 2.05) is 49.3 Å². The van der Waals surface area contributed by atoms with E-state index in [1.165, 1.54) is 11.8 Å². The second-order valence-corrected chi connectivity index (χ2v) is 7.70. The van der Waals surface area contributed by atoms with E-state index in [2.05, 4.69) is 0 Å². The van der Waals surface area contributed by atoms with Gasteiger partial charge >= 0.3 is 5.97 Å². The summed E-state index contributed by atoms with van der Waals surface area (Å²) in [5.74, 6) is -0.848. The molecule has 1 fully saturated rings. The molecule has 0 aliphatic carbocycles. The van der Waals surface area contributed by atoms with Gasteiger partial charge in [0.05, 0.1) is 4.91 Å². The minimum absolute atomic E-state index is 0.0649. The second kappa shape index (κ2) is 9.01. The van der Waals surface area contributed by atoms with Crippen LogP contribution in [0.4, 0.5) is 5.69 Å². The number of hydrogen-bond acceptors (Lipinski definition) is 5. The number of rotatable bonds is 8. The molecule has 1 aliphatic heterocycles. The summed E-state index contributed by atoms with van der Waals surface area (Å²) in [7, 11) is 3.97. The normalized spacial score (nSPS) is 15.9. The lowest BCUT2D eigenvalue weighted by Gasteiger charge is -2.13. The van der Waals surface area contributed by atoms with Crippen LogP contribution in [0.2, 0.25) is 0 Å². The third-order valence-electron chi connectivity index (χ3n) is 3.85. The van der Waals surface area contributed by atoms with E-state index in [0.29, 0.717) is 22.2 Å². The number of unbranched alkanes of at least 4 members (excludes halogenated alkanes) is 2. The fraction of sp³-hybridized carbons (Fsp3) is 0.389. The Morgan fingerprint density at radius 3 is 2.52 bits per heavy atom. The SMILES string of the molecule is CN(C)c1ccc(/C=C2\SC(=S)N(CCCCCC(=O)O)C2=O)cc1. The Bertz CT molecular complexity index is 684. The molecule has 0 spiro atoms. The predicted octanol–water partition coefficient (Wildman–Crippen LogP) is 3.60. The fourth-order valence-electron chi connectivity index (χ4n) is 2.44. The van der Waals surface area contributed by atoms with E-state index in [4.69, 9.17) is 17.3 Å². The molecule has 0 aromatic heterocycles. The van der Waals surface area contributed by atoms with E-state index in [0.717, 1.165) is 24.1 Å². The summed E-state index contributed by atoms with van der Waals surface area (Å²) in [6.07, 6.45) is 4.18. The second-order valence-electron chi connectivity index (χ2n) is 6.02. The van der Waals surface area contributed by atoms with E-state index in [1.54, 1.807) is 4.90 Å². The molecule has 1 heterocycles. The van der Waals surface area contributed by atoms with E-state index < -0.39 is 5.97 Å². The number of thiocarbonyl (C=S) groups is 1. The largest absolute Gasteiger partial charge is 0.481 e. The number of nitrogens with zero attached hydrogens (tertiary/aromatic N) is 2. The fourth-order valence-corrected chi connectivity index (χ4v) is 3.74. The van der Waals surface area contributed by atoms with E-state index >= 15 is 0 Å². The number of anilines is 1. The monoisotopic (exact) mass is 378 g/mol. The average molecular weight is 379 g/mol. The molecule has 0 saturated carbocycles. The lowest BCUT2D eigenvalue weighted by Crippen LogP contribution is -2.29. The van der Waals surface area contributed by atoms with Crippen molar-refractivity contribution in [2.24, 2.45) is 0 Å². The Morgan fingerprint density at radius 1 is 1.24 bits per heavy atom. The summed E-state index contributed by atoms with van der Waals surface area (Å²) < 4.78 is 0.569. The number of hydrogen-bond donors (Lipinski definition) is 1. The van der Waals surface area contributed by atoms with Gasteiger partial charge in [-0.2, -0.15) is 0 Å². The van der Waals surface area contributed by atoms with Crippen molar-refractivity contribution in [2.75, 3.05) is 25.5 Å². The summed E-state index contributed by atoms with van der Waals surface area (Å²) in [6, 6.07) is 7.98. The van der Waals surface area contributed by atoms with Gasteiger partial charge in [0.1, 0.15) is 4.32 Å². The zero-order valence-electron chi connectivity index (χ0n) is 14.4. The number of aliphatic carboxylic acids is 1. The van der Waals surface area contributed by atoms with Gasteiger partial charge in [0.25, 0.3) is 5.91 Å². The molecule has 2 rings (SSSR count). The van der Waals surface area contributed by atoms with E-state index in [9.17, 15) is 9.59 Å². The lowest BCUT2D eigenvalue weighted by molar-refractivity contribution is -0.137. The van der Waals surface area contributed by atoms with Crippen LogP contribution < -0.4 is 4.90 Å². The minimum atomic E-state index is -0.783. The zero-order valence-corrected chi connectivity index (χ0v) is 16.0. The summed E-state index contributed by atoms with van der Waals surface area (Å²) in [5.41, 5.74) is 2.07. The highest BCUT2D eigenvalue weighted by Crippen LogP contribution is 2.33. The summed E-state index contributed by atoms with van der Waals surface area (Å²) in [4.78, 5) is 27.3. The van der Waals surface area contributed by atoms with Gasteiger partial charge in [-0.3, -0.25) is 14.5 Å². The molecule has 1 N–H and O–H groups in total. The molecule has 134 valence electrons. The van der Waals surface area contributed by atoms with Gasteiger partial charge in [-0.25, -0.2) is 0 Å². The third-order valence-corrected chi connectivity index (χ3v) is 5.23. The van der Waals surface area contributed by atoms with Crippen LogP contribution in [0.1, 0.15) is 31.2 Å². The number of carboxylic acid groups (broad SMARTS) is 1. The number of thioether (sulfide) groups is 1. The Morgan fingerprint density at radius 2 is 1.92 bits per heavy atom. The molecule has 1 aromatic carbocycles. The predicted molar refractivity (Wildman–Crippen MR) is 107 cm³/mol. The van der Waals surface area contributed by atoms with Crippen LogP contribution in [-0.2, 0) is 9.59 Å². The first-order valence-electron chi connectivity index (χ1n) is 8.13. The molecule has 7 heteroatoms. The maximum Gasteiger partial charge on any atom is 0.303 e. The quantitative estimate of drug-likeness (QED) is 0.424. The standard InChI is InChI=1S/C18H22N2O3S2/c1-19(2)14-9-7-13(8-10-14)12-15-17(23)20(18(24)25-15)11-5-3-4-6-16(21)22/h7-10,12H,3-6,11H2,1-2H3,(H,21,22)/b15-12-. The number of amides is 1. The number of carbonyl (C=O) groups excluding carboxylic acids is 1.